The largest absolute Gasteiger partial charge is 0.381 e. The quantitative estimate of drug-likeness (QED) is 0.781. The number of halogens is 1. The van der Waals surface area contributed by atoms with E-state index in [-0.39, 0.29) is 30.5 Å². The molecule has 1 amide bonds. The number of hydrogen-bond donors (Lipinski definition) is 2. The molecule has 0 aromatic carbocycles. The lowest BCUT2D eigenvalue weighted by atomic mass is 9.93. The Balaban J connectivity index is 0.00000162. The Labute approximate surface area is 114 Å². The Morgan fingerprint density at radius 1 is 1.33 bits per heavy atom. The van der Waals surface area contributed by atoms with Crippen LogP contribution in [0.25, 0.3) is 0 Å². The molecule has 2 heterocycles. The number of ether oxygens (including phenoxy) is 2. The van der Waals surface area contributed by atoms with Gasteiger partial charge in [-0.3, -0.25) is 4.79 Å². The third kappa shape index (κ3) is 4.39. The molecular formula is C12H23ClN2O3. The van der Waals surface area contributed by atoms with Crippen molar-refractivity contribution in [3.63, 3.8) is 0 Å². The summed E-state index contributed by atoms with van der Waals surface area (Å²) in [6.45, 7) is 5.76. The maximum atomic E-state index is 11.9. The second-order valence-electron chi connectivity index (χ2n) is 4.81. The molecule has 106 valence electrons. The van der Waals surface area contributed by atoms with Crippen molar-refractivity contribution in [1.82, 2.24) is 10.6 Å². The maximum Gasteiger partial charge on any atom is 0.250 e. The second-order valence-corrected chi connectivity index (χ2v) is 4.81. The number of amides is 1. The molecule has 0 aliphatic carbocycles. The van der Waals surface area contributed by atoms with Crippen molar-refractivity contribution in [1.29, 1.82) is 0 Å². The van der Waals surface area contributed by atoms with Gasteiger partial charge in [0.25, 0.3) is 5.91 Å². The highest BCUT2D eigenvalue weighted by molar-refractivity contribution is 5.85. The van der Waals surface area contributed by atoms with Crippen molar-refractivity contribution < 1.29 is 14.3 Å². The third-order valence-corrected chi connectivity index (χ3v) is 3.56. The van der Waals surface area contributed by atoms with Crippen LogP contribution in [0.3, 0.4) is 0 Å². The SMILES string of the molecule is CC(NC(=O)C1CNCCO1)C1CCOCC1.Cl. The molecule has 0 radical (unpaired) electrons. The number of hydrogen-bond acceptors (Lipinski definition) is 4. The smallest absolute Gasteiger partial charge is 0.250 e. The molecule has 2 aliphatic rings. The molecular weight excluding hydrogens is 256 g/mol. The summed E-state index contributed by atoms with van der Waals surface area (Å²) in [4.78, 5) is 11.9. The van der Waals surface area contributed by atoms with Crippen LogP contribution in [0.1, 0.15) is 19.8 Å². The number of rotatable bonds is 3. The van der Waals surface area contributed by atoms with Crippen molar-refractivity contribution in [2.75, 3.05) is 32.9 Å². The Morgan fingerprint density at radius 2 is 2.06 bits per heavy atom. The number of carbonyl (C=O) groups is 1. The molecule has 0 bridgehead atoms. The minimum absolute atomic E-state index is 0. The van der Waals surface area contributed by atoms with Crippen LogP contribution in [0.5, 0.6) is 0 Å². The summed E-state index contributed by atoms with van der Waals surface area (Å²) in [6, 6.07) is 0.205. The molecule has 0 aromatic heterocycles. The molecule has 2 unspecified atom stereocenters. The van der Waals surface area contributed by atoms with Gasteiger partial charge in [-0.1, -0.05) is 0 Å². The molecule has 2 N–H and O–H groups in total. The van der Waals surface area contributed by atoms with E-state index < -0.39 is 0 Å². The zero-order valence-electron chi connectivity index (χ0n) is 10.8. The van der Waals surface area contributed by atoms with Crippen molar-refractivity contribution in [2.45, 2.75) is 31.9 Å². The van der Waals surface area contributed by atoms with E-state index in [0.717, 1.165) is 32.6 Å². The summed E-state index contributed by atoms with van der Waals surface area (Å²) in [5.74, 6) is 0.542. The van der Waals surface area contributed by atoms with Crippen molar-refractivity contribution in [2.24, 2.45) is 5.92 Å². The van der Waals surface area contributed by atoms with Crippen molar-refractivity contribution in [3.05, 3.63) is 0 Å². The molecule has 2 rings (SSSR count). The summed E-state index contributed by atoms with van der Waals surface area (Å²) in [5.41, 5.74) is 0. The summed E-state index contributed by atoms with van der Waals surface area (Å²) >= 11 is 0. The molecule has 18 heavy (non-hydrogen) atoms. The number of nitrogens with one attached hydrogen (secondary N) is 2. The molecule has 2 saturated heterocycles. The fraction of sp³-hybridized carbons (Fsp3) is 0.917. The van der Waals surface area contributed by atoms with Crippen LogP contribution in [-0.2, 0) is 14.3 Å². The molecule has 0 aromatic rings. The Kier molecular flexibility index (Phi) is 6.92. The van der Waals surface area contributed by atoms with Crippen LogP contribution < -0.4 is 10.6 Å². The molecule has 0 spiro atoms. The first kappa shape index (κ1) is 15.7. The lowest BCUT2D eigenvalue weighted by Gasteiger charge is -2.30. The van der Waals surface area contributed by atoms with Gasteiger partial charge in [0.05, 0.1) is 6.61 Å². The lowest BCUT2D eigenvalue weighted by Crippen LogP contribution is -2.51. The van der Waals surface area contributed by atoms with Crippen LogP contribution in [0, 0.1) is 5.92 Å². The second kappa shape index (κ2) is 7.94. The first-order chi connectivity index (χ1) is 8.27. The Morgan fingerprint density at radius 3 is 2.67 bits per heavy atom. The van der Waals surface area contributed by atoms with Gasteiger partial charge < -0.3 is 20.1 Å². The molecule has 2 atom stereocenters. The summed E-state index contributed by atoms with van der Waals surface area (Å²) < 4.78 is 10.8. The molecule has 2 fully saturated rings. The zero-order chi connectivity index (χ0) is 12.1. The molecule has 2 aliphatic heterocycles. The average Bonchev–Trinajstić information content (AvgIpc) is 2.40. The predicted octanol–water partition coefficient (Wildman–Crippen LogP) is 0.328. The highest BCUT2D eigenvalue weighted by Gasteiger charge is 2.26. The molecule has 0 saturated carbocycles. The Bertz CT molecular complexity index is 254. The van der Waals surface area contributed by atoms with E-state index >= 15 is 0 Å². The third-order valence-electron chi connectivity index (χ3n) is 3.56. The van der Waals surface area contributed by atoms with Gasteiger partial charge in [0.1, 0.15) is 6.10 Å². The van der Waals surface area contributed by atoms with E-state index in [1.54, 1.807) is 0 Å². The first-order valence-electron chi connectivity index (χ1n) is 6.48. The van der Waals surface area contributed by atoms with Crippen molar-refractivity contribution in [3.8, 4) is 0 Å². The van der Waals surface area contributed by atoms with Gasteiger partial charge >= 0.3 is 0 Å². The fourth-order valence-electron chi connectivity index (χ4n) is 2.38. The van der Waals surface area contributed by atoms with Crippen molar-refractivity contribution >= 4 is 18.3 Å². The highest BCUT2D eigenvalue weighted by atomic mass is 35.5. The molecule has 5 nitrogen and oxygen atoms in total. The van der Waals surface area contributed by atoms with Gasteiger partial charge in [-0.15, -0.1) is 12.4 Å². The number of morpholine rings is 1. The normalized spacial score (nSPS) is 27.1. The minimum atomic E-state index is -0.328. The van der Waals surface area contributed by atoms with E-state index in [1.807, 2.05) is 0 Å². The topological polar surface area (TPSA) is 59.6 Å². The van der Waals surface area contributed by atoms with Crippen LogP contribution in [0.4, 0.5) is 0 Å². The fourth-order valence-corrected chi connectivity index (χ4v) is 2.38. The van der Waals surface area contributed by atoms with Crippen LogP contribution in [-0.4, -0.2) is 51.0 Å². The summed E-state index contributed by atoms with van der Waals surface area (Å²) in [7, 11) is 0. The summed E-state index contributed by atoms with van der Waals surface area (Å²) in [5, 5.41) is 6.22. The van der Waals surface area contributed by atoms with Crippen LogP contribution in [0.15, 0.2) is 0 Å². The monoisotopic (exact) mass is 278 g/mol. The van der Waals surface area contributed by atoms with E-state index in [2.05, 4.69) is 17.6 Å². The predicted molar refractivity (Wildman–Crippen MR) is 71.0 cm³/mol. The van der Waals surface area contributed by atoms with E-state index in [1.165, 1.54) is 0 Å². The van der Waals surface area contributed by atoms with E-state index in [9.17, 15) is 4.79 Å². The highest BCUT2D eigenvalue weighted by Crippen LogP contribution is 2.18. The Hall–Kier alpha value is -0.360. The number of carbonyl (C=O) groups excluding carboxylic acids is 1. The molecule has 6 heteroatoms. The summed E-state index contributed by atoms with van der Waals surface area (Å²) in [6.07, 6.45) is 1.74. The van der Waals surface area contributed by atoms with Gasteiger partial charge in [-0.05, 0) is 25.7 Å². The van der Waals surface area contributed by atoms with Crippen LogP contribution in [0.2, 0.25) is 0 Å². The van der Waals surface area contributed by atoms with Crippen LogP contribution >= 0.6 is 12.4 Å². The lowest BCUT2D eigenvalue weighted by molar-refractivity contribution is -0.135. The standard InChI is InChI=1S/C12H22N2O3.ClH/c1-9(10-2-5-16-6-3-10)14-12(15)11-8-13-4-7-17-11;/h9-11,13H,2-8H2,1H3,(H,14,15);1H. The minimum Gasteiger partial charge on any atom is -0.381 e. The zero-order valence-corrected chi connectivity index (χ0v) is 11.6. The van der Waals surface area contributed by atoms with E-state index in [0.29, 0.717) is 19.1 Å². The van der Waals surface area contributed by atoms with Gasteiger partial charge in [0.2, 0.25) is 0 Å². The average molecular weight is 279 g/mol. The van der Waals surface area contributed by atoms with Gasteiger partial charge in [-0.2, -0.15) is 0 Å². The van der Waals surface area contributed by atoms with Gasteiger partial charge in [0.15, 0.2) is 0 Å². The first-order valence-corrected chi connectivity index (χ1v) is 6.48. The maximum absolute atomic E-state index is 11.9. The van der Waals surface area contributed by atoms with E-state index in [4.69, 9.17) is 9.47 Å². The van der Waals surface area contributed by atoms with Gasteiger partial charge in [0, 0.05) is 32.3 Å². The van der Waals surface area contributed by atoms with Gasteiger partial charge in [-0.25, -0.2) is 0 Å².